The highest BCUT2D eigenvalue weighted by Crippen LogP contribution is 2.27. The molecule has 7 heteroatoms. The first-order valence-corrected chi connectivity index (χ1v) is 6.79. The summed E-state index contributed by atoms with van der Waals surface area (Å²) in [7, 11) is 0. The molecule has 1 aromatic carbocycles. The third-order valence-electron chi connectivity index (χ3n) is 2.84. The molecule has 110 valence electrons. The maximum Gasteiger partial charge on any atom is 0.292 e. The third-order valence-corrected chi connectivity index (χ3v) is 3.08. The fourth-order valence-corrected chi connectivity index (χ4v) is 1.74. The van der Waals surface area contributed by atoms with Gasteiger partial charge in [-0.15, -0.1) is 0 Å². The molecule has 0 radical (unpaired) electrons. The highest BCUT2D eigenvalue weighted by Gasteiger charge is 2.14. The van der Waals surface area contributed by atoms with Crippen LogP contribution in [0.15, 0.2) is 18.2 Å². The maximum atomic E-state index is 11.6. The van der Waals surface area contributed by atoms with E-state index in [9.17, 15) is 14.9 Å². The van der Waals surface area contributed by atoms with Crippen LogP contribution in [0.3, 0.4) is 0 Å². The van der Waals surface area contributed by atoms with Gasteiger partial charge in [-0.1, -0.05) is 18.5 Å². The summed E-state index contributed by atoms with van der Waals surface area (Å²) < 4.78 is 0. The fraction of sp³-hybridized carbons (Fsp3) is 0.462. The number of carbonyl (C=O) groups excluding carboxylic acids is 1. The van der Waals surface area contributed by atoms with Crippen molar-refractivity contribution in [3.63, 3.8) is 0 Å². The van der Waals surface area contributed by atoms with Crippen LogP contribution < -0.4 is 10.6 Å². The van der Waals surface area contributed by atoms with Crippen molar-refractivity contribution in [3.05, 3.63) is 33.3 Å². The van der Waals surface area contributed by atoms with Gasteiger partial charge in [0.1, 0.15) is 5.69 Å². The predicted molar refractivity (Wildman–Crippen MR) is 79.1 cm³/mol. The van der Waals surface area contributed by atoms with E-state index < -0.39 is 4.92 Å². The molecule has 2 N–H and O–H groups in total. The summed E-state index contributed by atoms with van der Waals surface area (Å²) in [5, 5.41) is 17.0. The lowest BCUT2D eigenvalue weighted by atomic mass is 10.2. The van der Waals surface area contributed by atoms with Crippen molar-refractivity contribution in [1.82, 2.24) is 5.32 Å². The van der Waals surface area contributed by atoms with Crippen molar-refractivity contribution in [2.45, 2.75) is 32.7 Å². The highest BCUT2D eigenvalue weighted by atomic mass is 35.5. The van der Waals surface area contributed by atoms with Gasteiger partial charge in [-0.2, -0.15) is 0 Å². The van der Waals surface area contributed by atoms with E-state index in [0.29, 0.717) is 17.3 Å². The van der Waals surface area contributed by atoms with Gasteiger partial charge in [0, 0.05) is 30.1 Å². The Kier molecular flexibility index (Phi) is 6.24. The van der Waals surface area contributed by atoms with Crippen molar-refractivity contribution < 1.29 is 9.72 Å². The Labute approximate surface area is 122 Å². The van der Waals surface area contributed by atoms with Crippen LogP contribution in [0.25, 0.3) is 0 Å². The molecular weight excluding hydrogens is 282 g/mol. The third kappa shape index (κ3) is 5.05. The van der Waals surface area contributed by atoms with Crippen LogP contribution in [0.4, 0.5) is 11.4 Å². The number of hydrogen-bond donors (Lipinski definition) is 2. The summed E-state index contributed by atoms with van der Waals surface area (Å²) >= 11 is 5.81. The van der Waals surface area contributed by atoms with Crippen LogP contribution >= 0.6 is 11.6 Å². The van der Waals surface area contributed by atoms with Crippen LogP contribution in [0.5, 0.6) is 0 Å². The Bertz CT molecular complexity index is 494. The van der Waals surface area contributed by atoms with Gasteiger partial charge in [-0.3, -0.25) is 14.9 Å². The van der Waals surface area contributed by atoms with Crippen LogP contribution in [0.2, 0.25) is 5.02 Å². The lowest BCUT2D eigenvalue weighted by Crippen LogP contribution is -2.32. The van der Waals surface area contributed by atoms with Gasteiger partial charge >= 0.3 is 0 Å². The first-order valence-electron chi connectivity index (χ1n) is 6.41. The summed E-state index contributed by atoms with van der Waals surface area (Å²) in [6, 6.07) is 4.40. The molecule has 1 atom stereocenters. The fourth-order valence-electron chi connectivity index (χ4n) is 1.57. The van der Waals surface area contributed by atoms with Crippen molar-refractivity contribution in [1.29, 1.82) is 0 Å². The topological polar surface area (TPSA) is 84.3 Å². The average molecular weight is 300 g/mol. The summed E-state index contributed by atoms with van der Waals surface area (Å²) in [6.45, 7) is 4.22. The van der Waals surface area contributed by atoms with Gasteiger partial charge in [-0.05, 0) is 25.5 Å². The quantitative estimate of drug-likeness (QED) is 0.599. The molecule has 0 bridgehead atoms. The lowest BCUT2D eigenvalue weighted by molar-refractivity contribution is -0.384. The number of hydrogen-bond acceptors (Lipinski definition) is 4. The molecule has 0 aliphatic carbocycles. The number of halogens is 1. The largest absolute Gasteiger partial charge is 0.379 e. The SMILES string of the molecule is CCC(C)NC(=O)CCNc1cc(Cl)ccc1[N+](=O)[O-]. The molecule has 0 aliphatic rings. The predicted octanol–water partition coefficient (Wildman–Crippen LogP) is 2.96. The molecule has 1 rings (SSSR count). The van der Waals surface area contributed by atoms with E-state index in [4.69, 9.17) is 11.6 Å². The number of amides is 1. The zero-order chi connectivity index (χ0) is 15.1. The van der Waals surface area contributed by atoms with Crippen molar-refractivity contribution in [2.75, 3.05) is 11.9 Å². The van der Waals surface area contributed by atoms with E-state index in [1.165, 1.54) is 18.2 Å². The molecule has 0 spiro atoms. The van der Waals surface area contributed by atoms with Gasteiger partial charge in [0.2, 0.25) is 5.91 Å². The molecule has 6 nitrogen and oxygen atoms in total. The van der Waals surface area contributed by atoms with Gasteiger partial charge in [0.25, 0.3) is 5.69 Å². The summed E-state index contributed by atoms with van der Waals surface area (Å²) in [5.74, 6) is -0.0865. The van der Waals surface area contributed by atoms with E-state index in [2.05, 4.69) is 10.6 Å². The number of benzene rings is 1. The van der Waals surface area contributed by atoms with Gasteiger partial charge in [0.05, 0.1) is 4.92 Å². The second-order valence-corrected chi connectivity index (χ2v) is 4.91. The van der Waals surface area contributed by atoms with Crippen LogP contribution in [0.1, 0.15) is 26.7 Å². The van der Waals surface area contributed by atoms with Crippen molar-refractivity contribution >= 4 is 28.9 Å². The number of nitro groups is 1. The minimum atomic E-state index is -0.488. The molecule has 0 aliphatic heterocycles. The molecule has 0 fully saturated rings. The Morgan fingerprint density at radius 2 is 2.20 bits per heavy atom. The Morgan fingerprint density at radius 1 is 1.50 bits per heavy atom. The number of nitrogens with one attached hydrogen (secondary N) is 2. The van der Waals surface area contributed by atoms with Crippen molar-refractivity contribution in [2.24, 2.45) is 0 Å². The standard InChI is InChI=1S/C13H18ClN3O3/c1-3-9(2)16-13(18)6-7-15-11-8-10(14)4-5-12(11)17(19)20/h4-5,8-9,15H,3,6-7H2,1-2H3,(H,16,18). The zero-order valence-electron chi connectivity index (χ0n) is 11.5. The molecule has 1 unspecified atom stereocenters. The van der Waals surface area contributed by atoms with Gasteiger partial charge < -0.3 is 10.6 Å². The summed E-state index contributed by atoms with van der Waals surface area (Å²) in [4.78, 5) is 21.9. The second kappa shape index (κ2) is 7.69. The molecule has 20 heavy (non-hydrogen) atoms. The Hall–Kier alpha value is -1.82. The first-order chi connectivity index (χ1) is 9.43. The number of anilines is 1. The second-order valence-electron chi connectivity index (χ2n) is 4.47. The van der Waals surface area contributed by atoms with Crippen molar-refractivity contribution in [3.8, 4) is 0 Å². The van der Waals surface area contributed by atoms with Gasteiger partial charge in [-0.25, -0.2) is 0 Å². The maximum absolute atomic E-state index is 11.6. The molecular formula is C13H18ClN3O3. The summed E-state index contributed by atoms with van der Waals surface area (Å²) in [6.07, 6.45) is 1.10. The molecule has 1 amide bonds. The average Bonchev–Trinajstić information content (AvgIpc) is 2.38. The smallest absolute Gasteiger partial charge is 0.292 e. The molecule has 0 saturated heterocycles. The summed E-state index contributed by atoms with van der Waals surface area (Å²) in [5.41, 5.74) is 0.260. The molecule has 0 heterocycles. The normalized spacial score (nSPS) is 11.8. The number of carbonyl (C=O) groups is 1. The van der Waals surface area contributed by atoms with Crippen LogP contribution in [0, 0.1) is 10.1 Å². The lowest BCUT2D eigenvalue weighted by Gasteiger charge is -2.12. The Morgan fingerprint density at radius 3 is 2.80 bits per heavy atom. The number of nitro benzene ring substituents is 1. The number of nitrogens with zero attached hydrogens (tertiary/aromatic N) is 1. The minimum absolute atomic E-state index is 0.0586. The number of rotatable bonds is 7. The van der Waals surface area contributed by atoms with Crippen LogP contribution in [-0.4, -0.2) is 23.4 Å². The molecule has 1 aromatic rings. The minimum Gasteiger partial charge on any atom is -0.379 e. The Balaban J connectivity index is 2.55. The van der Waals surface area contributed by atoms with E-state index in [0.717, 1.165) is 6.42 Å². The molecule has 0 saturated carbocycles. The van der Waals surface area contributed by atoms with E-state index >= 15 is 0 Å². The van der Waals surface area contributed by atoms with E-state index in [-0.39, 0.29) is 24.1 Å². The first kappa shape index (κ1) is 16.2. The van der Waals surface area contributed by atoms with E-state index in [1.54, 1.807) is 0 Å². The highest BCUT2D eigenvalue weighted by molar-refractivity contribution is 6.31. The molecule has 0 aromatic heterocycles. The monoisotopic (exact) mass is 299 g/mol. The zero-order valence-corrected chi connectivity index (χ0v) is 12.2. The van der Waals surface area contributed by atoms with E-state index in [1.807, 2.05) is 13.8 Å². The van der Waals surface area contributed by atoms with Gasteiger partial charge in [0.15, 0.2) is 0 Å². The van der Waals surface area contributed by atoms with Crippen LogP contribution in [-0.2, 0) is 4.79 Å².